The minimum atomic E-state index is 0. The van der Waals surface area contributed by atoms with Crippen LogP contribution in [0.3, 0.4) is 0 Å². The van der Waals surface area contributed by atoms with Gasteiger partial charge < -0.3 is 68.8 Å². The maximum Gasteiger partial charge on any atom is 4.00 e. The van der Waals surface area contributed by atoms with Crippen molar-refractivity contribution in [3.05, 3.63) is 9.54 Å². The molecular formula is C18H28N4PtS6. The molecule has 2 aromatic heterocycles. The van der Waals surface area contributed by atoms with E-state index in [9.17, 15) is 0 Å². The average molecular weight is 688 g/mol. The van der Waals surface area contributed by atoms with Crippen molar-refractivity contribution in [2.45, 2.75) is 99.7 Å². The third-order valence-corrected chi connectivity index (χ3v) is 6.74. The molecule has 0 fully saturated rings. The second-order valence-electron chi connectivity index (χ2n) is 7.64. The molecule has 0 unspecified atom stereocenters. The molecule has 0 spiro atoms. The fraction of sp³-hybridized carbons (Fsp3) is 0.667. The van der Waals surface area contributed by atoms with E-state index in [1.807, 2.05) is 18.3 Å². The zero-order valence-corrected chi connectivity index (χ0v) is 25.0. The zero-order valence-electron chi connectivity index (χ0n) is 17.9. The molecule has 0 saturated carbocycles. The Morgan fingerprint density at radius 2 is 0.621 bits per heavy atom. The number of imidazole rings is 2. The monoisotopic (exact) mass is 687 g/mol. The Bertz CT molecular complexity index is 789. The van der Waals surface area contributed by atoms with Crippen LogP contribution in [0.15, 0.2) is 20.1 Å². The van der Waals surface area contributed by atoms with Gasteiger partial charge in [0.15, 0.2) is 9.54 Å². The predicted molar refractivity (Wildman–Crippen MR) is 131 cm³/mol. The summed E-state index contributed by atoms with van der Waals surface area (Å²) in [6.07, 6.45) is 0. The van der Waals surface area contributed by atoms with Crippen molar-refractivity contribution in [2.24, 2.45) is 0 Å². The molecule has 166 valence electrons. The summed E-state index contributed by atoms with van der Waals surface area (Å²) in [5, 5.41) is 2.75. The van der Waals surface area contributed by atoms with Crippen molar-refractivity contribution in [1.82, 2.24) is 18.3 Å². The SMILES string of the molecule is CC(C)n1c([S-])c([S-])n(C(C)C)c1=S.CC(C)n1c([S-])c([S-])n(C(C)C)c1=S.[Pt+4]. The summed E-state index contributed by atoms with van der Waals surface area (Å²) in [7, 11) is 0. The molecule has 2 aromatic rings. The molecule has 0 amide bonds. The van der Waals surface area contributed by atoms with Crippen LogP contribution in [0, 0.1) is 9.54 Å². The van der Waals surface area contributed by atoms with E-state index in [-0.39, 0.29) is 45.2 Å². The summed E-state index contributed by atoms with van der Waals surface area (Å²) >= 11 is 31.8. The van der Waals surface area contributed by atoms with Gasteiger partial charge in [0.25, 0.3) is 0 Å². The fourth-order valence-electron chi connectivity index (χ4n) is 2.81. The minimum Gasteiger partial charge on any atom is -0.762 e. The average Bonchev–Trinajstić information content (AvgIpc) is 2.90. The van der Waals surface area contributed by atoms with Crippen LogP contribution >= 0.6 is 24.4 Å². The van der Waals surface area contributed by atoms with Crippen molar-refractivity contribution in [3.8, 4) is 0 Å². The van der Waals surface area contributed by atoms with Crippen LogP contribution in [0.25, 0.3) is 0 Å². The fourth-order valence-corrected chi connectivity index (χ4v) is 5.84. The van der Waals surface area contributed by atoms with E-state index in [0.717, 1.165) is 9.54 Å². The molecule has 0 aliphatic carbocycles. The van der Waals surface area contributed by atoms with Crippen molar-refractivity contribution in [3.63, 3.8) is 0 Å². The van der Waals surface area contributed by atoms with Crippen LogP contribution in [0.2, 0.25) is 0 Å². The van der Waals surface area contributed by atoms with Gasteiger partial charge in [-0.2, -0.15) is 0 Å². The Kier molecular flexibility index (Phi) is 12.1. The number of rotatable bonds is 4. The molecule has 11 heteroatoms. The van der Waals surface area contributed by atoms with E-state index in [2.05, 4.69) is 55.4 Å². The topological polar surface area (TPSA) is 19.7 Å². The van der Waals surface area contributed by atoms with Crippen LogP contribution in [-0.2, 0) is 71.6 Å². The van der Waals surface area contributed by atoms with Crippen molar-refractivity contribution < 1.29 is 21.1 Å². The van der Waals surface area contributed by atoms with Crippen LogP contribution in [-0.4, -0.2) is 18.3 Å². The summed E-state index contributed by atoms with van der Waals surface area (Å²) in [4.78, 5) is 0. The van der Waals surface area contributed by atoms with Gasteiger partial charge in [-0.25, -0.2) is 0 Å². The number of hydrogen-bond acceptors (Lipinski definition) is 6. The standard InChI is InChI=1S/2C9H16N2S3.Pt/c2*1-5(2)10-7(12)8(13)11(6(3)4)9(10)14;/h2*5-6,12-13H,1-4H3;/q;;+4/p-4. The van der Waals surface area contributed by atoms with Crippen LogP contribution < -0.4 is 0 Å². The molecule has 2 rings (SSSR count). The van der Waals surface area contributed by atoms with Gasteiger partial charge in [0.05, 0.1) is 0 Å². The van der Waals surface area contributed by atoms with Crippen LogP contribution in [0.1, 0.15) is 79.6 Å². The Balaban J connectivity index is 0.000000523. The van der Waals surface area contributed by atoms with Gasteiger partial charge in [0, 0.05) is 24.2 Å². The predicted octanol–water partition coefficient (Wildman–Crippen LogP) is 5.98. The van der Waals surface area contributed by atoms with E-state index in [4.69, 9.17) is 75.0 Å². The molecule has 4 nitrogen and oxygen atoms in total. The summed E-state index contributed by atoms with van der Waals surface area (Å²) in [5.41, 5.74) is 0. The van der Waals surface area contributed by atoms with Gasteiger partial charge in [-0.1, -0.05) is 0 Å². The molecule has 0 bridgehead atoms. The van der Waals surface area contributed by atoms with E-state index in [1.54, 1.807) is 0 Å². The van der Waals surface area contributed by atoms with Crippen LogP contribution in [0.4, 0.5) is 0 Å². The molecule has 0 atom stereocenters. The van der Waals surface area contributed by atoms with Crippen molar-refractivity contribution in [2.75, 3.05) is 0 Å². The number of aromatic nitrogens is 4. The van der Waals surface area contributed by atoms with Gasteiger partial charge in [0.2, 0.25) is 0 Å². The first-order valence-electron chi connectivity index (χ1n) is 9.17. The first kappa shape index (κ1) is 29.4. The molecule has 2 heterocycles. The maximum atomic E-state index is 5.35. The third-order valence-electron chi connectivity index (χ3n) is 4.13. The molecule has 0 aliphatic heterocycles. The van der Waals surface area contributed by atoms with Gasteiger partial charge in [-0.15, -0.1) is 20.1 Å². The summed E-state index contributed by atoms with van der Waals surface area (Å²) in [6.45, 7) is 16.5. The molecular weight excluding hydrogens is 660 g/mol. The van der Waals surface area contributed by atoms with Gasteiger partial charge in [-0.05, 0) is 79.8 Å². The molecule has 0 N–H and O–H groups in total. The minimum absolute atomic E-state index is 0. The molecule has 0 saturated heterocycles. The largest absolute Gasteiger partial charge is 4.00 e. The second-order valence-corrected chi connectivity index (χ2v) is 9.92. The summed E-state index contributed by atoms with van der Waals surface area (Å²) in [5.74, 6) is 0. The first-order chi connectivity index (χ1) is 12.7. The van der Waals surface area contributed by atoms with Crippen LogP contribution in [0.5, 0.6) is 0 Å². The van der Waals surface area contributed by atoms with E-state index >= 15 is 0 Å². The molecule has 0 radical (unpaired) electrons. The number of hydrogen-bond donors (Lipinski definition) is 0. The molecule has 0 aromatic carbocycles. The number of nitrogens with zero attached hydrogens (tertiary/aromatic N) is 4. The van der Waals surface area contributed by atoms with Gasteiger partial charge in [-0.3, -0.25) is 0 Å². The molecule has 0 aliphatic rings. The molecule has 29 heavy (non-hydrogen) atoms. The van der Waals surface area contributed by atoms with Crippen molar-refractivity contribution >= 4 is 75.0 Å². The van der Waals surface area contributed by atoms with E-state index < -0.39 is 0 Å². The Labute approximate surface area is 221 Å². The quantitative estimate of drug-likeness (QED) is 0.289. The normalized spacial score (nSPS) is 11.2. The Morgan fingerprint density at radius 1 is 0.483 bits per heavy atom. The summed E-state index contributed by atoms with van der Waals surface area (Å²) < 4.78 is 9.23. The van der Waals surface area contributed by atoms with E-state index in [1.165, 1.54) is 0 Å². The van der Waals surface area contributed by atoms with E-state index in [0.29, 0.717) is 20.1 Å². The summed E-state index contributed by atoms with van der Waals surface area (Å²) in [6, 6.07) is 1.10. The Hall–Kier alpha value is 0.428. The first-order valence-corrected chi connectivity index (χ1v) is 11.6. The second kappa shape index (κ2) is 11.9. The third kappa shape index (κ3) is 6.24. The zero-order chi connectivity index (χ0) is 22.1. The van der Waals surface area contributed by atoms with Crippen molar-refractivity contribution in [1.29, 1.82) is 0 Å². The van der Waals surface area contributed by atoms with Gasteiger partial charge >= 0.3 is 21.1 Å². The maximum absolute atomic E-state index is 5.35. The smallest absolute Gasteiger partial charge is 0.762 e. The Morgan fingerprint density at radius 3 is 0.690 bits per heavy atom. The van der Waals surface area contributed by atoms with Gasteiger partial charge in [0.1, 0.15) is 0 Å².